The Kier molecular flexibility index (Phi) is 5.75. The Labute approximate surface area is 154 Å². The predicted molar refractivity (Wildman–Crippen MR) is 104 cm³/mol. The van der Waals surface area contributed by atoms with Gasteiger partial charge in [0.25, 0.3) is 0 Å². The molecule has 1 saturated heterocycles. The third-order valence-corrected chi connectivity index (χ3v) is 4.70. The summed E-state index contributed by atoms with van der Waals surface area (Å²) in [4.78, 5) is 17.0. The minimum atomic E-state index is -0.278. The van der Waals surface area contributed by atoms with Crippen molar-refractivity contribution in [1.82, 2.24) is 4.90 Å². The van der Waals surface area contributed by atoms with Crippen molar-refractivity contribution in [2.45, 2.75) is 19.4 Å². The molecule has 0 saturated carbocycles. The van der Waals surface area contributed by atoms with Crippen molar-refractivity contribution in [3.63, 3.8) is 0 Å². The van der Waals surface area contributed by atoms with Gasteiger partial charge < -0.3 is 15.1 Å². The molecule has 1 amide bonds. The van der Waals surface area contributed by atoms with Crippen molar-refractivity contribution in [2.24, 2.45) is 0 Å². The Morgan fingerprint density at radius 2 is 1.73 bits per heavy atom. The first-order chi connectivity index (χ1) is 12.7. The summed E-state index contributed by atoms with van der Waals surface area (Å²) in [6, 6.07) is 19.9. The highest BCUT2D eigenvalue weighted by molar-refractivity contribution is 5.84. The molecule has 134 valence electrons. The van der Waals surface area contributed by atoms with E-state index in [4.69, 9.17) is 5.26 Å². The van der Waals surface area contributed by atoms with Crippen LogP contribution in [0.1, 0.15) is 12.5 Å². The number of benzene rings is 2. The first kappa shape index (κ1) is 17.8. The fraction of sp³-hybridized carbons (Fsp3) is 0.333. The number of hydrogen-bond acceptors (Lipinski definition) is 4. The van der Waals surface area contributed by atoms with Crippen molar-refractivity contribution in [1.29, 1.82) is 5.26 Å². The lowest BCUT2D eigenvalue weighted by atomic mass is 10.1. The van der Waals surface area contributed by atoms with Crippen LogP contribution in [0.2, 0.25) is 0 Å². The second kappa shape index (κ2) is 8.39. The molecule has 1 aliphatic rings. The summed E-state index contributed by atoms with van der Waals surface area (Å²) in [6.45, 7) is 5.08. The van der Waals surface area contributed by atoms with Crippen LogP contribution < -0.4 is 10.2 Å². The lowest BCUT2D eigenvalue weighted by Gasteiger charge is -2.37. The Morgan fingerprint density at radius 3 is 2.35 bits per heavy atom. The van der Waals surface area contributed by atoms with Crippen LogP contribution in [0.25, 0.3) is 0 Å². The van der Waals surface area contributed by atoms with Gasteiger partial charge in [-0.25, -0.2) is 0 Å². The van der Waals surface area contributed by atoms with Crippen LogP contribution in [-0.4, -0.2) is 43.0 Å². The van der Waals surface area contributed by atoms with E-state index in [0.717, 1.165) is 37.4 Å². The van der Waals surface area contributed by atoms with E-state index in [0.29, 0.717) is 6.42 Å². The lowest BCUT2D eigenvalue weighted by Crippen LogP contribution is -2.52. The molecular formula is C21H24N4O. The third-order valence-electron chi connectivity index (χ3n) is 4.70. The number of anilines is 2. The normalized spacial score (nSPS) is 15.2. The van der Waals surface area contributed by atoms with Crippen molar-refractivity contribution >= 4 is 17.3 Å². The first-order valence-electron chi connectivity index (χ1n) is 8.98. The number of nitriles is 1. The van der Waals surface area contributed by atoms with Crippen LogP contribution in [-0.2, 0) is 11.2 Å². The average molecular weight is 348 g/mol. The molecule has 0 bridgehead atoms. The highest BCUT2D eigenvalue weighted by atomic mass is 16.2. The van der Waals surface area contributed by atoms with Crippen LogP contribution in [0.15, 0.2) is 54.6 Å². The van der Waals surface area contributed by atoms with Gasteiger partial charge >= 0.3 is 0 Å². The maximum atomic E-state index is 12.7. The molecule has 1 atom stereocenters. The number of carbonyl (C=O) groups is 1. The maximum absolute atomic E-state index is 12.7. The van der Waals surface area contributed by atoms with E-state index < -0.39 is 0 Å². The lowest BCUT2D eigenvalue weighted by molar-refractivity contribution is -0.131. The maximum Gasteiger partial charge on any atom is 0.244 e. The first-order valence-corrected chi connectivity index (χ1v) is 8.98. The number of nitrogens with one attached hydrogen (secondary N) is 1. The van der Waals surface area contributed by atoms with Gasteiger partial charge in [-0.15, -0.1) is 0 Å². The topological polar surface area (TPSA) is 59.4 Å². The zero-order valence-electron chi connectivity index (χ0n) is 15.1. The van der Waals surface area contributed by atoms with Gasteiger partial charge in [0.15, 0.2) is 0 Å². The Hall–Kier alpha value is -3.00. The summed E-state index contributed by atoms with van der Waals surface area (Å²) in [7, 11) is 0. The summed E-state index contributed by atoms with van der Waals surface area (Å²) in [6.07, 6.45) is 0.403. The summed E-state index contributed by atoms with van der Waals surface area (Å²) in [5.74, 6) is 0.124. The van der Waals surface area contributed by atoms with E-state index in [1.165, 1.54) is 5.69 Å². The zero-order valence-corrected chi connectivity index (χ0v) is 15.1. The summed E-state index contributed by atoms with van der Waals surface area (Å²) in [5.41, 5.74) is 3.09. The molecule has 26 heavy (non-hydrogen) atoms. The molecule has 2 aromatic carbocycles. The smallest absolute Gasteiger partial charge is 0.244 e. The van der Waals surface area contributed by atoms with Crippen molar-refractivity contribution in [3.8, 4) is 6.07 Å². The van der Waals surface area contributed by atoms with Crippen LogP contribution in [0.5, 0.6) is 0 Å². The fourth-order valence-corrected chi connectivity index (χ4v) is 3.22. The SMILES string of the molecule is CC(Nc1ccc(CC#N)cc1)C(=O)N1CCN(c2ccccc2)CC1. The molecule has 1 fully saturated rings. The quantitative estimate of drug-likeness (QED) is 0.903. The minimum Gasteiger partial charge on any atom is -0.374 e. The van der Waals surface area contributed by atoms with Gasteiger partial charge in [-0.05, 0) is 36.8 Å². The molecule has 1 unspecified atom stereocenters. The number of amides is 1. The second-order valence-corrected chi connectivity index (χ2v) is 6.55. The number of rotatable bonds is 5. The average Bonchev–Trinajstić information content (AvgIpc) is 2.70. The molecule has 0 spiro atoms. The minimum absolute atomic E-state index is 0.124. The third kappa shape index (κ3) is 4.34. The van der Waals surface area contributed by atoms with E-state index in [1.807, 2.05) is 54.3 Å². The van der Waals surface area contributed by atoms with Crippen molar-refractivity contribution in [2.75, 3.05) is 36.4 Å². The largest absolute Gasteiger partial charge is 0.374 e. The van der Waals surface area contributed by atoms with Crippen LogP contribution in [0.3, 0.4) is 0 Å². The van der Waals surface area contributed by atoms with E-state index in [1.54, 1.807) is 0 Å². The molecule has 1 heterocycles. The number of piperazine rings is 1. The molecule has 5 nitrogen and oxygen atoms in total. The summed E-state index contributed by atoms with van der Waals surface area (Å²) >= 11 is 0. The molecule has 0 aliphatic carbocycles. The van der Waals surface area contributed by atoms with Crippen LogP contribution in [0, 0.1) is 11.3 Å². The zero-order chi connectivity index (χ0) is 18.4. The Bertz CT molecular complexity index is 759. The molecule has 0 aromatic heterocycles. The highest BCUT2D eigenvalue weighted by Crippen LogP contribution is 2.17. The summed E-state index contributed by atoms with van der Waals surface area (Å²) < 4.78 is 0. The van der Waals surface area contributed by atoms with Gasteiger partial charge in [0.1, 0.15) is 6.04 Å². The summed E-state index contributed by atoms with van der Waals surface area (Å²) in [5, 5.41) is 12.0. The molecule has 0 radical (unpaired) electrons. The fourth-order valence-electron chi connectivity index (χ4n) is 3.22. The Balaban J connectivity index is 1.52. The molecule has 2 aromatic rings. The predicted octanol–water partition coefficient (Wildman–Crippen LogP) is 2.90. The number of para-hydroxylation sites is 1. The number of nitrogens with zero attached hydrogens (tertiary/aromatic N) is 3. The van der Waals surface area contributed by atoms with E-state index in [9.17, 15) is 4.79 Å². The molecule has 1 N–H and O–H groups in total. The van der Waals surface area contributed by atoms with E-state index in [-0.39, 0.29) is 11.9 Å². The monoisotopic (exact) mass is 348 g/mol. The van der Waals surface area contributed by atoms with E-state index >= 15 is 0 Å². The van der Waals surface area contributed by atoms with Gasteiger partial charge in [0.05, 0.1) is 12.5 Å². The van der Waals surface area contributed by atoms with Crippen LogP contribution >= 0.6 is 0 Å². The molecule has 5 heteroatoms. The number of hydrogen-bond donors (Lipinski definition) is 1. The molecular weight excluding hydrogens is 324 g/mol. The van der Waals surface area contributed by atoms with E-state index in [2.05, 4.69) is 28.4 Å². The Morgan fingerprint density at radius 1 is 1.08 bits per heavy atom. The van der Waals surface area contributed by atoms with Gasteiger partial charge in [-0.2, -0.15) is 5.26 Å². The van der Waals surface area contributed by atoms with Crippen LogP contribution in [0.4, 0.5) is 11.4 Å². The molecule has 1 aliphatic heterocycles. The van der Waals surface area contributed by atoms with Gasteiger partial charge in [0, 0.05) is 37.6 Å². The van der Waals surface area contributed by atoms with Crippen molar-refractivity contribution in [3.05, 3.63) is 60.2 Å². The van der Waals surface area contributed by atoms with Gasteiger partial charge in [0.2, 0.25) is 5.91 Å². The second-order valence-electron chi connectivity index (χ2n) is 6.55. The van der Waals surface area contributed by atoms with Crippen molar-refractivity contribution < 1.29 is 4.79 Å². The highest BCUT2D eigenvalue weighted by Gasteiger charge is 2.24. The number of carbonyl (C=O) groups excluding carboxylic acids is 1. The molecule has 3 rings (SSSR count). The van der Waals surface area contributed by atoms with Gasteiger partial charge in [-0.1, -0.05) is 30.3 Å². The van der Waals surface area contributed by atoms with Gasteiger partial charge in [-0.3, -0.25) is 4.79 Å². The standard InChI is InChI=1S/C21H24N4O/c1-17(23-19-9-7-18(8-10-19)11-12-22)21(26)25-15-13-24(14-16-25)20-5-3-2-4-6-20/h2-10,17,23H,11,13-16H2,1H3.